The summed E-state index contributed by atoms with van der Waals surface area (Å²) in [6.45, 7) is 3.30. The third kappa shape index (κ3) is 5.51. The van der Waals surface area contributed by atoms with Gasteiger partial charge in [0.2, 0.25) is 10.0 Å². The number of sulfonamides is 1. The van der Waals surface area contributed by atoms with E-state index in [2.05, 4.69) is 11.4 Å². The lowest BCUT2D eigenvalue weighted by Crippen LogP contribution is -2.25. The predicted molar refractivity (Wildman–Crippen MR) is 200 cm³/mol. The molecule has 4 aromatic heterocycles. The Morgan fingerprint density at radius 1 is 1.08 bits per heavy atom. The number of furan rings is 1. The Labute approximate surface area is 299 Å². The number of aryl methyl sites for hydroxylation is 1. The van der Waals surface area contributed by atoms with Crippen molar-refractivity contribution in [2.75, 3.05) is 37.7 Å². The van der Waals surface area contributed by atoms with E-state index in [1.165, 1.54) is 7.05 Å². The molecular weight excluding hydrogens is 682 g/mol. The van der Waals surface area contributed by atoms with E-state index in [0.29, 0.717) is 98.8 Å². The minimum Gasteiger partial charge on any atom is -0.455 e. The van der Waals surface area contributed by atoms with Crippen LogP contribution >= 0.6 is 0 Å². The average molecular weight is 716 g/mol. The van der Waals surface area contributed by atoms with Crippen LogP contribution in [0.3, 0.4) is 0 Å². The second kappa shape index (κ2) is 12.4. The van der Waals surface area contributed by atoms with Crippen LogP contribution in [-0.4, -0.2) is 73.2 Å². The van der Waals surface area contributed by atoms with E-state index >= 15 is 0 Å². The molecule has 0 radical (unpaired) electrons. The molecule has 0 spiro atoms. The molecule has 1 aliphatic heterocycles. The molecule has 13 heteroatoms. The Bertz CT molecular complexity index is 2750. The van der Waals surface area contributed by atoms with Gasteiger partial charge in [-0.3, -0.25) is 18.4 Å². The van der Waals surface area contributed by atoms with Crippen molar-refractivity contribution in [2.24, 2.45) is 0 Å². The van der Waals surface area contributed by atoms with Gasteiger partial charge in [0.25, 0.3) is 5.91 Å². The summed E-state index contributed by atoms with van der Waals surface area (Å²) in [4.78, 5) is 25.6. The van der Waals surface area contributed by atoms with Crippen molar-refractivity contribution >= 4 is 60.0 Å². The fourth-order valence-corrected chi connectivity index (χ4v) is 7.63. The Kier molecular flexibility index (Phi) is 7.97. The van der Waals surface area contributed by atoms with Crippen LogP contribution in [0.1, 0.15) is 33.7 Å². The smallest absolute Gasteiger partial charge is 0.255 e. The largest absolute Gasteiger partial charge is 0.455 e. The molecule has 11 nitrogen and oxygen atoms in total. The summed E-state index contributed by atoms with van der Waals surface area (Å²) < 4.78 is 49.7. The molecule has 0 saturated carbocycles. The van der Waals surface area contributed by atoms with Crippen molar-refractivity contribution in [2.45, 2.75) is 26.1 Å². The van der Waals surface area contributed by atoms with Gasteiger partial charge in [-0.2, -0.15) is 5.26 Å². The van der Waals surface area contributed by atoms with Gasteiger partial charge in [0.1, 0.15) is 28.9 Å². The number of anilines is 1. The van der Waals surface area contributed by atoms with Crippen LogP contribution in [0.25, 0.3) is 61.0 Å². The number of nitrogens with one attached hydrogen (secondary N) is 1. The van der Waals surface area contributed by atoms with E-state index in [9.17, 15) is 22.9 Å². The van der Waals surface area contributed by atoms with Crippen molar-refractivity contribution < 1.29 is 22.0 Å². The third-order valence-electron chi connectivity index (χ3n) is 9.86. The molecule has 0 aliphatic carbocycles. The maximum absolute atomic E-state index is 14.2. The standard InChI is InChI=1S/C39H34FN7O4S/c1-22-8-10-23(11-9-22)38-36(39(48)42-2)28-16-27(32(18-34(28)51-38)45(3)52(4,49)50)29-12-13-30-37(44-29)33-17-26-24(19-41)6-5-7-31(26)47(33)35(43-30)21-46-15-14-25(40)20-46/h5-13,16-18,25H,14-15,20-21H2,1-4H3,(H,42,48)/t25-/m1/s1. The molecule has 262 valence electrons. The summed E-state index contributed by atoms with van der Waals surface area (Å²) in [5.74, 6) is 0.682. The lowest BCUT2D eigenvalue weighted by molar-refractivity contribution is 0.0964. The topological polar surface area (TPSA) is 137 Å². The van der Waals surface area contributed by atoms with Gasteiger partial charge in [-0.1, -0.05) is 35.9 Å². The number of nitrogens with zero attached hydrogens (tertiary/aromatic N) is 6. The minimum absolute atomic E-state index is 0.303. The van der Waals surface area contributed by atoms with E-state index in [0.717, 1.165) is 27.0 Å². The number of alkyl halides is 1. The van der Waals surface area contributed by atoms with Gasteiger partial charge in [0.15, 0.2) is 0 Å². The first-order valence-electron chi connectivity index (χ1n) is 16.8. The fraction of sp³-hybridized carbons (Fsp3) is 0.231. The van der Waals surface area contributed by atoms with Gasteiger partial charge in [-0.05, 0) is 49.7 Å². The number of carbonyl (C=O) groups excluding carboxylic acids is 1. The average Bonchev–Trinajstić information content (AvgIpc) is 3.85. The van der Waals surface area contributed by atoms with Crippen LogP contribution in [-0.2, 0) is 16.6 Å². The van der Waals surface area contributed by atoms with Crippen molar-refractivity contribution in [3.8, 4) is 28.7 Å². The van der Waals surface area contributed by atoms with Gasteiger partial charge in [-0.15, -0.1) is 0 Å². The van der Waals surface area contributed by atoms with E-state index in [-0.39, 0.29) is 5.91 Å². The van der Waals surface area contributed by atoms with Crippen LogP contribution in [0.15, 0.2) is 77.2 Å². The summed E-state index contributed by atoms with van der Waals surface area (Å²) in [5, 5.41) is 13.9. The Morgan fingerprint density at radius 2 is 1.87 bits per heavy atom. The molecule has 1 amide bonds. The number of pyridine rings is 1. The number of hydrogen-bond donors (Lipinski definition) is 1. The molecule has 1 aliphatic rings. The van der Waals surface area contributed by atoms with Crippen LogP contribution in [0.5, 0.6) is 0 Å². The molecular formula is C39H34FN7O4S. The number of fused-ring (bicyclic) bond motifs is 6. The molecule has 1 saturated heterocycles. The van der Waals surface area contributed by atoms with Crippen LogP contribution in [0.4, 0.5) is 10.1 Å². The second-order valence-electron chi connectivity index (χ2n) is 13.3. The summed E-state index contributed by atoms with van der Waals surface area (Å²) in [6.07, 6.45) is 0.686. The first kappa shape index (κ1) is 33.3. The van der Waals surface area contributed by atoms with Crippen LogP contribution in [0, 0.1) is 18.3 Å². The second-order valence-corrected chi connectivity index (χ2v) is 15.3. The zero-order valence-corrected chi connectivity index (χ0v) is 29.8. The van der Waals surface area contributed by atoms with Crippen LogP contribution < -0.4 is 9.62 Å². The SMILES string of the molecule is CNC(=O)c1c(-c2ccc(C)cc2)oc2cc(N(C)S(C)(=O)=O)c(-c3ccc4nc(CN5CC[C@@H](F)C5)n5c6cccc(C#N)c6cc5c4n3)cc12. The van der Waals surface area contributed by atoms with Crippen molar-refractivity contribution in [1.82, 2.24) is 24.6 Å². The van der Waals surface area contributed by atoms with Crippen molar-refractivity contribution in [3.63, 3.8) is 0 Å². The summed E-state index contributed by atoms with van der Waals surface area (Å²) in [6, 6.07) is 24.3. The monoisotopic (exact) mass is 715 g/mol. The first-order valence-corrected chi connectivity index (χ1v) is 18.6. The molecule has 5 heterocycles. The maximum atomic E-state index is 14.2. The minimum atomic E-state index is -3.75. The molecule has 1 atom stereocenters. The Balaban J connectivity index is 1.40. The number of hydrogen-bond acceptors (Lipinski definition) is 8. The summed E-state index contributed by atoms with van der Waals surface area (Å²) >= 11 is 0. The lowest BCUT2D eigenvalue weighted by Gasteiger charge is -2.21. The number of benzene rings is 3. The third-order valence-corrected chi connectivity index (χ3v) is 11.0. The zero-order valence-electron chi connectivity index (χ0n) is 28.9. The van der Waals surface area contributed by atoms with E-state index in [1.807, 2.05) is 64.8 Å². The number of nitriles is 1. The molecule has 52 heavy (non-hydrogen) atoms. The quantitative estimate of drug-likeness (QED) is 0.195. The molecule has 0 unspecified atom stereocenters. The fourth-order valence-electron chi connectivity index (χ4n) is 7.12. The van der Waals surface area contributed by atoms with Gasteiger partial charge in [0.05, 0.1) is 57.9 Å². The highest BCUT2D eigenvalue weighted by atomic mass is 32.2. The Hall–Kier alpha value is -5.84. The summed E-state index contributed by atoms with van der Waals surface area (Å²) in [5.41, 5.74) is 6.65. The highest BCUT2D eigenvalue weighted by Crippen LogP contribution is 2.42. The highest BCUT2D eigenvalue weighted by Gasteiger charge is 2.28. The first-order chi connectivity index (χ1) is 24.9. The molecule has 7 aromatic rings. The number of carbonyl (C=O) groups is 1. The maximum Gasteiger partial charge on any atom is 0.255 e. The molecule has 0 bridgehead atoms. The number of aromatic nitrogens is 3. The number of amides is 1. The molecule has 1 fully saturated rings. The van der Waals surface area contributed by atoms with Gasteiger partial charge in [0, 0.05) is 55.2 Å². The summed E-state index contributed by atoms with van der Waals surface area (Å²) in [7, 11) is -0.750. The van der Waals surface area contributed by atoms with Crippen molar-refractivity contribution in [1.29, 1.82) is 5.26 Å². The molecule has 8 rings (SSSR count). The van der Waals surface area contributed by atoms with Crippen LogP contribution in [0.2, 0.25) is 0 Å². The Morgan fingerprint density at radius 3 is 2.56 bits per heavy atom. The predicted octanol–water partition coefficient (Wildman–Crippen LogP) is 6.60. The van der Waals surface area contributed by atoms with Crippen molar-refractivity contribution in [3.05, 3.63) is 95.3 Å². The molecule has 1 N–H and O–H groups in total. The molecule has 3 aromatic carbocycles. The number of rotatable bonds is 7. The number of halogens is 1. The van der Waals surface area contributed by atoms with Gasteiger partial charge in [-0.25, -0.2) is 22.8 Å². The number of likely N-dealkylation sites (tertiary alicyclic amines) is 1. The van der Waals surface area contributed by atoms with Gasteiger partial charge < -0.3 is 9.73 Å². The van der Waals surface area contributed by atoms with Gasteiger partial charge >= 0.3 is 0 Å². The normalized spacial score (nSPS) is 15.2. The highest BCUT2D eigenvalue weighted by molar-refractivity contribution is 7.92. The van der Waals surface area contributed by atoms with E-state index < -0.39 is 16.2 Å². The van der Waals surface area contributed by atoms with E-state index in [4.69, 9.17) is 14.4 Å². The van der Waals surface area contributed by atoms with E-state index in [1.54, 1.807) is 31.3 Å². The zero-order chi connectivity index (χ0) is 36.5. The lowest BCUT2D eigenvalue weighted by atomic mass is 10.00.